The van der Waals surface area contributed by atoms with Crippen LogP contribution in [0.5, 0.6) is 0 Å². The maximum atomic E-state index is 11.9. The number of aliphatic hydroxyl groups excluding tert-OH is 1. The Labute approximate surface area is 77.3 Å². The molecule has 0 aromatic carbocycles. The molecule has 0 aliphatic heterocycles. The van der Waals surface area contributed by atoms with Crippen LogP contribution in [0.15, 0.2) is 0 Å². The van der Waals surface area contributed by atoms with Crippen molar-refractivity contribution >= 4 is 0 Å². The van der Waals surface area contributed by atoms with E-state index in [1.165, 1.54) is 0 Å². The molecule has 0 radical (unpaired) electrons. The lowest BCUT2D eigenvalue weighted by Gasteiger charge is -2.19. The van der Waals surface area contributed by atoms with Gasteiger partial charge in [0.1, 0.15) is 6.10 Å². The molecule has 0 bridgehead atoms. The summed E-state index contributed by atoms with van der Waals surface area (Å²) in [4.78, 5) is 0. The SMILES string of the molecule is CC1CCCC1NCC(O)C(F)F. The van der Waals surface area contributed by atoms with E-state index >= 15 is 0 Å². The molecule has 0 saturated heterocycles. The standard InChI is InChI=1S/C9H17F2NO/c1-6-3-2-4-7(6)12-5-8(13)9(10)11/h6-9,12-13H,2-5H2,1H3. The number of hydrogen-bond donors (Lipinski definition) is 2. The van der Waals surface area contributed by atoms with Crippen molar-refractivity contribution < 1.29 is 13.9 Å². The minimum atomic E-state index is -2.63. The minimum absolute atomic E-state index is 0.00662. The van der Waals surface area contributed by atoms with Crippen molar-refractivity contribution in [1.29, 1.82) is 0 Å². The topological polar surface area (TPSA) is 32.3 Å². The molecule has 78 valence electrons. The van der Waals surface area contributed by atoms with Crippen LogP contribution < -0.4 is 5.32 Å². The molecule has 1 aliphatic carbocycles. The Morgan fingerprint density at radius 3 is 2.62 bits per heavy atom. The van der Waals surface area contributed by atoms with Gasteiger partial charge in [-0.25, -0.2) is 8.78 Å². The van der Waals surface area contributed by atoms with Gasteiger partial charge in [-0.05, 0) is 18.8 Å². The summed E-state index contributed by atoms with van der Waals surface area (Å²) < 4.78 is 23.8. The van der Waals surface area contributed by atoms with E-state index in [9.17, 15) is 8.78 Å². The molecule has 3 atom stereocenters. The summed E-state index contributed by atoms with van der Waals surface area (Å²) in [6, 6.07) is 0.313. The molecule has 0 aromatic heterocycles. The second-order valence-electron chi connectivity index (χ2n) is 3.82. The summed E-state index contributed by atoms with van der Waals surface area (Å²) in [5, 5.41) is 11.8. The molecule has 0 aromatic rings. The van der Waals surface area contributed by atoms with Crippen LogP contribution in [0.4, 0.5) is 8.78 Å². The van der Waals surface area contributed by atoms with E-state index in [1.54, 1.807) is 0 Å². The summed E-state index contributed by atoms with van der Waals surface area (Å²) >= 11 is 0. The molecule has 13 heavy (non-hydrogen) atoms. The van der Waals surface area contributed by atoms with E-state index in [2.05, 4.69) is 12.2 Å². The molecule has 1 aliphatic rings. The first-order valence-electron chi connectivity index (χ1n) is 4.81. The van der Waals surface area contributed by atoms with Crippen molar-refractivity contribution in [3.8, 4) is 0 Å². The van der Waals surface area contributed by atoms with Crippen molar-refractivity contribution in [2.45, 2.75) is 44.8 Å². The van der Waals surface area contributed by atoms with E-state index in [1.807, 2.05) is 0 Å². The fourth-order valence-corrected chi connectivity index (χ4v) is 1.81. The van der Waals surface area contributed by atoms with Crippen LogP contribution in [0.25, 0.3) is 0 Å². The maximum absolute atomic E-state index is 11.9. The third-order valence-corrected chi connectivity index (χ3v) is 2.74. The highest BCUT2D eigenvalue weighted by Crippen LogP contribution is 2.24. The lowest BCUT2D eigenvalue weighted by atomic mass is 10.1. The van der Waals surface area contributed by atoms with Gasteiger partial charge in [0.2, 0.25) is 0 Å². The normalized spacial score (nSPS) is 31.2. The Kier molecular flexibility index (Phi) is 4.06. The molecule has 0 spiro atoms. The summed E-state index contributed by atoms with van der Waals surface area (Å²) in [6.07, 6.45) is -0.805. The van der Waals surface area contributed by atoms with Crippen LogP contribution in [0, 0.1) is 5.92 Å². The Morgan fingerprint density at radius 2 is 2.15 bits per heavy atom. The minimum Gasteiger partial charge on any atom is -0.386 e. The van der Waals surface area contributed by atoms with E-state index in [-0.39, 0.29) is 6.54 Å². The van der Waals surface area contributed by atoms with Crippen molar-refractivity contribution in [3.05, 3.63) is 0 Å². The maximum Gasteiger partial charge on any atom is 0.265 e. The number of alkyl halides is 2. The predicted molar refractivity (Wildman–Crippen MR) is 46.8 cm³/mol. The highest BCUT2D eigenvalue weighted by molar-refractivity contribution is 4.81. The van der Waals surface area contributed by atoms with Crippen molar-refractivity contribution in [3.63, 3.8) is 0 Å². The molecular weight excluding hydrogens is 176 g/mol. The zero-order chi connectivity index (χ0) is 9.84. The van der Waals surface area contributed by atoms with Crippen molar-refractivity contribution in [2.75, 3.05) is 6.54 Å². The van der Waals surface area contributed by atoms with Gasteiger partial charge in [0.25, 0.3) is 6.43 Å². The Balaban J connectivity index is 2.18. The van der Waals surface area contributed by atoms with Crippen molar-refractivity contribution in [2.24, 2.45) is 5.92 Å². The van der Waals surface area contributed by atoms with Gasteiger partial charge in [0.05, 0.1) is 0 Å². The number of aliphatic hydroxyl groups is 1. The number of nitrogens with one attached hydrogen (secondary N) is 1. The monoisotopic (exact) mass is 193 g/mol. The molecule has 0 heterocycles. The highest BCUT2D eigenvalue weighted by atomic mass is 19.3. The Bertz CT molecular complexity index is 155. The van der Waals surface area contributed by atoms with Gasteiger partial charge in [0, 0.05) is 12.6 Å². The highest BCUT2D eigenvalue weighted by Gasteiger charge is 2.25. The van der Waals surface area contributed by atoms with Crippen LogP contribution >= 0.6 is 0 Å². The van der Waals surface area contributed by atoms with Crippen LogP contribution in [-0.4, -0.2) is 30.2 Å². The van der Waals surface area contributed by atoms with Gasteiger partial charge < -0.3 is 10.4 Å². The largest absolute Gasteiger partial charge is 0.386 e. The predicted octanol–water partition coefficient (Wildman–Crippen LogP) is 1.39. The molecule has 2 nitrogen and oxygen atoms in total. The van der Waals surface area contributed by atoms with Crippen LogP contribution in [0.2, 0.25) is 0 Å². The van der Waals surface area contributed by atoms with Gasteiger partial charge in [-0.15, -0.1) is 0 Å². The molecule has 1 saturated carbocycles. The smallest absolute Gasteiger partial charge is 0.265 e. The zero-order valence-electron chi connectivity index (χ0n) is 7.84. The lowest BCUT2D eigenvalue weighted by molar-refractivity contribution is -0.00507. The fourth-order valence-electron chi connectivity index (χ4n) is 1.81. The van der Waals surface area contributed by atoms with E-state index in [0.29, 0.717) is 12.0 Å². The van der Waals surface area contributed by atoms with Gasteiger partial charge >= 0.3 is 0 Å². The van der Waals surface area contributed by atoms with E-state index in [0.717, 1.165) is 19.3 Å². The second-order valence-corrected chi connectivity index (χ2v) is 3.82. The summed E-state index contributed by atoms with van der Waals surface area (Å²) in [5.41, 5.74) is 0. The van der Waals surface area contributed by atoms with Gasteiger partial charge in [-0.1, -0.05) is 13.3 Å². The first-order valence-corrected chi connectivity index (χ1v) is 4.81. The van der Waals surface area contributed by atoms with Crippen LogP contribution in [-0.2, 0) is 0 Å². The summed E-state index contributed by atoms with van der Waals surface area (Å²) in [6.45, 7) is 2.12. The average molecular weight is 193 g/mol. The van der Waals surface area contributed by atoms with E-state index in [4.69, 9.17) is 5.11 Å². The Morgan fingerprint density at radius 1 is 1.46 bits per heavy atom. The fraction of sp³-hybridized carbons (Fsp3) is 1.00. The van der Waals surface area contributed by atoms with Gasteiger partial charge in [0.15, 0.2) is 0 Å². The first kappa shape index (κ1) is 10.9. The molecule has 0 amide bonds. The summed E-state index contributed by atoms with van der Waals surface area (Å²) in [7, 11) is 0. The molecule has 3 unspecified atom stereocenters. The molecular formula is C9H17F2NO. The molecule has 4 heteroatoms. The second kappa shape index (κ2) is 4.86. The van der Waals surface area contributed by atoms with Crippen LogP contribution in [0.3, 0.4) is 0 Å². The van der Waals surface area contributed by atoms with Gasteiger partial charge in [-0.2, -0.15) is 0 Å². The van der Waals surface area contributed by atoms with Crippen LogP contribution in [0.1, 0.15) is 26.2 Å². The Hall–Kier alpha value is -0.220. The molecule has 1 rings (SSSR count). The van der Waals surface area contributed by atoms with E-state index < -0.39 is 12.5 Å². The summed E-state index contributed by atoms with van der Waals surface area (Å²) in [5.74, 6) is 0.546. The van der Waals surface area contributed by atoms with Crippen molar-refractivity contribution in [1.82, 2.24) is 5.32 Å². The number of hydrogen-bond acceptors (Lipinski definition) is 2. The third kappa shape index (κ3) is 3.19. The first-order chi connectivity index (χ1) is 6.11. The number of halogens is 2. The zero-order valence-corrected chi connectivity index (χ0v) is 7.84. The quantitative estimate of drug-likeness (QED) is 0.707. The lowest BCUT2D eigenvalue weighted by Crippen LogP contribution is -2.39. The average Bonchev–Trinajstić information content (AvgIpc) is 2.47. The molecule has 2 N–H and O–H groups in total. The van der Waals surface area contributed by atoms with Gasteiger partial charge in [-0.3, -0.25) is 0 Å². The third-order valence-electron chi connectivity index (χ3n) is 2.74. The number of rotatable bonds is 4. The molecule has 1 fully saturated rings.